The summed E-state index contributed by atoms with van der Waals surface area (Å²) < 4.78 is 5.09. The number of ether oxygens (including phenoxy) is 1. The number of rotatable bonds is 10. The standard InChI is InChI=1S/C11H23BrO2/c1-14-11(10-13)8-6-4-2-3-5-7-9-12/h11,13H,2-10H2,1H3. The SMILES string of the molecule is COC(CO)CCCCCCCCBr. The Kier molecular flexibility index (Phi) is 11.8. The van der Waals surface area contributed by atoms with Crippen molar-refractivity contribution < 1.29 is 9.84 Å². The van der Waals surface area contributed by atoms with Crippen LogP contribution in [0.25, 0.3) is 0 Å². The predicted octanol–water partition coefficient (Wildman–Crippen LogP) is 3.12. The van der Waals surface area contributed by atoms with Gasteiger partial charge in [-0.15, -0.1) is 0 Å². The van der Waals surface area contributed by atoms with Crippen molar-refractivity contribution in [3.63, 3.8) is 0 Å². The Morgan fingerprint density at radius 3 is 2.14 bits per heavy atom. The van der Waals surface area contributed by atoms with Gasteiger partial charge in [-0.2, -0.15) is 0 Å². The minimum absolute atomic E-state index is 0.0533. The quantitative estimate of drug-likeness (QED) is 0.487. The zero-order chi connectivity index (χ0) is 10.6. The van der Waals surface area contributed by atoms with Gasteiger partial charge in [-0.1, -0.05) is 48.0 Å². The van der Waals surface area contributed by atoms with E-state index in [1.807, 2.05) is 0 Å². The number of hydrogen-bond acceptors (Lipinski definition) is 2. The number of alkyl halides is 1. The van der Waals surface area contributed by atoms with Crippen LogP contribution in [0, 0.1) is 0 Å². The van der Waals surface area contributed by atoms with Gasteiger partial charge < -0.3 is 9.84 Å². The van der Waals surface area contributed by atoms with E-state index in [9.17, 15) is 0 Å². The van der Waals surface area contributed by atoms with E-state index in [0.717, 1.165) is 11.8 Å². The molecule has 0 spiro atoms. The van der Waals surface area contributed by atoms with E-state index in [2.05, 4.69) is 15.9 Å². The molecule has 1 unspecified atom stereocenters. The van der Waals surface area contributed by atoms with Gasteiger partial charge in [-0.05, 0) is 12.8 Å². The van der Waals surface area contributed by atoms with Crippen molar-refractivity contribution in [3.05, 3.63) is 0 Å². The largest absolute Gasteiger partial charge is 0.394 e. The third-order valence-electron chi connectivity index (χ3n) is 2.45. The molecule has 14 heavy (non-hydrogen) atoms. The summed E-state index contributed by atoms with van der Waals surface area (Å²) >= 11 is 3.43. The second kappa shape index (κ2) is 11.5. The molecule has 0 radical (unpaired) electrons. The number of unbranched alkanes of at least 4 members (excludes halogenated alkanes) is 5. The van der Waals surface area contributed by atoms with Crippen molar-refractivity contribution >= 4 is 15.9 Å². The molecule has 0 aliphatic heterocycles. The second-order valence-corrected chi connectivity index (χ2v) is 4.43. The smallest absolute Gasteiger partial charge is 0.0802 e. The number of methoxy groups -OCH3 is 1. The molecule has 1 N–H and O–H groups in total. The first-order chi connectivity index (χ1) is 6.85. The van der Waals surface area contributed by atoms with Crippen LogP contribution in [-0.4, -0.2) is 30.3 Å². The minimum atomic E-state index is 0.0533. The molecule has 86 valence electrons. The molecule has 0 aliphatic rings. The highest BCUT2D eigenvalue weighted by Crippen LogP contribution is 2.10. The van der Waals surface area contributed by atoms with E-state index in [1.54, 1.807) is 7.11 Å². The molecule has 0 saturated heterocycles. The molecule has 0 aromatic rings. The monoisotopic (exact) mass is 266 g/mol. The number of aliphatic hydroxyl groups is 1. The van der Waals surface area contributed by atoms with Crippen molar-refractivity contribution in [1.29, 1.82) is 0 Å². The molecule has 3 heteroatoms. The summed E-state index contributed by atoms with van der Waals surface area (Å²) in [6.07, 6.45) is 8.76. The predicted molar refractivity (Wildman–Crippen MR) is 64.0 cm³/mol. The number of hydrogen-bond donors (Lipinski definition) is 1. The van der Waals surface area contributed by atoms with Crippen LogP contribution in [-0.2, 0) is 4.74 Å². The molecule has 0 amide bonds. The maximum atomic E-state index is 8.87. The number of halogens is 1. The summed E-state index contributed by atoms with van der Waals surface area (Å²) in [6.45, 7) is 0.153. The second-order valence-electron chi connectivity index (χ2n) is 3.64. The maximum Gasteiger partial charge on any atom is 0.0802 e. The molecule has 2 nitrogen and oxygen atoms in total. The summed E-state index contributed by atoms with van der Waals surface area (Å²) in [6, 6.07) is 0. The molecule has 0 aromatic carbocycles. The Hall–Kier alpha value is 0.400. The lowest BCUT2D eigenvalue weighted by atomic mass is 10.1. The fourth-order valence-corrected chi connectivity index (χ4v) is 1.85. The lowest BCUT2D eigenvalue weighted by Gasteiger charge is -2.11. The van der Waals surface area contributed by atoms with Crippen LogP contribution in [0.5, 0.6) is 0 Å². The first-order valence-corrected chi connectivity index (χ1v) is 6.67. The normalized spacial score (nSPS) is 13.1. The summed E-state index contributed by atoms with van der Waals surface area (Å²) in [5, 5.41) is 10.00. The fraction of sp³-hybridized carbons (Fsp3) is 1.00. The van der Waals surface area contributed by atoms with E-state index in [4.69, 9.17) is 9.84 Å². The van der Waals surface area contributed by atoms with Crippen LogP contribution >= 0.6 is 15.9 Å². The molecule has 0 aromatic heterocycles. The van der Waals surface area contributed by atoms with Gasteiger partial charge >= 0.3 is 0 Å². The Balaban J connectivity index is 3.04. The molecule has 0 bridgehead atoms. The maximum absolute atomic E-state index is 8.87. The van der Waals surface area contributed by atoms with E-state index in [0.29, 0.717) is 0 Å². The van der Waals surface area contributed by atoms with E-state index in [-0.39, 0.29) is 12.7 Å². The lowest BCUT2D eigenvalue weighted by molar-refractivity contribution is 0.0415. The number of aliphatic hydroxyl groups excluding tert-OH is 1. The van der Waals surface area contributed by atoms with Crippen LogP contribution < -0.4 is 0 Å². The molecule has 0 saturated carbocycles. The van der Waals surface area contributed by atoms with E-state index in [1.165, 1.54) is 38.5 Å². The molecular formula is C11H23BrO2. The van der Waals surface area contributed by atoms with Gasteiger partial charge in [0.2, 0.25) is 0 Å². The Morgan fingerprint density at radius 2 is 1.64 bits per heavy atom. The van der Waals surface area contributed by atoms with Crippen LogP contribution in [0.4, 0.5) is 0 Å². The van der Waals surface area contributed by atoms with Crippen molar-refractivity contribution in [1.82, 2.24) is 0 Å². The fourth-order valence-electron chi connectivity index (χ4n) is 1.46. The zero-order valence-electron chi connectivity index (χ0n) is 9.17. The highest BCUT2D eigenvalue weighted by Gasteiger charge is 2.03. The van der Waals surface area contributed by atoms with Gasteiger partial charge in [0.05, 0.1) is 12.7 Å². The molecule has 0 rings (SSSR count). The molecular weight excluding hydrogens is 244 g/mol. The molecule has 0 heterocycles. The first kappa shape index (κ1) is 14.4. The summed E-state index contributed by atoms with van der Waals surface area (Å²) in [4.78, 5) is 0. The van der Waals surface area contributed by atoms with Crippen LogP contribution in [0.3, 0.4) is 0 Å². The topological polar surface area (TPSA) is 29.5 Å². The highest BCUT2D eigenvalue weighted by molar-refractivity contribution is 9.09. The molecule has 1 atom stereocenters. The summed E-state index contributed by atoms with van der Waals surface area (Å²) in [5.74, 6) is 0. The van der Waals surface area contributed by atoms with Gasteiger partial charge in [0, 0.05) is 12.4 Å². The molecule has 0 fully saturated rings. The van der Waals surface area contributed by atoms with Gasteiger partial charge in [0.15, 0.2) is 0 Å². The van der Waals surface area contributed by atoms with Crippen LogP contribution in [0.15, 0.2) is 0 Å². The summed E-state index contributed by atoms with van der Waals surface area (Å²) in [5.41, 5.74) is 0. The van der Waals surface area contributed by atoms with Gasteiger partial charge in [0.25, 0.3) is 0 Å². The zero-order valence-corrected chi connectivity index (χ0v) is 10.8. The van der Waals surface area contributed by atoms with Crippen molar-refractivity contribution in [2.75, 3.05) is 19.0 Å². The van der Waals surface area contributed by atoms with E-state index < -0.39 is 0 Å². The van der Waals surface area contributed by atoms with Crippen molar-refractivity contribution in [3.8, 4) is 0 Å². The average Bonchev–Trinajstić information content (AvgIpc) is 2.22. The lowest BCUT2D eigenvalue weighted by Crippen LogP contribution is -2.14. The highest BCUT2D eigenvalue weighted by atomic mass is 79.9. The Bertz CT molecular complexity index is 105. The third-order valence-corrected chi connectivity index (χ3v) is 3.01. The first-order valence-electron chi connectivity index (χ1n) is 5.54. The van der Waals surface area contributed by atoms with Crippen LogP contribution in [0.1, 0.15) is 44.9 Å². The summed E-state index contributed by atoms with van der Waals surface area (Å²) in [7, 11) is 1.66. The minimum Gasteiger partial charge on any atom is -0.394 e. The average molecular weight is 267 g/mol. The van der Waals surface area contributed by atoms with Crippen molar-refractivity contribution in [2.24, 2.45) is 0 Å². The van der Waals surface area contributed by atoms with Gasteiger partial charge in [-0.3, -0.25) is 0 Å². The third kappa shape index (κ3) is 8.97. The van der Waals surface area contributed by atoms with Crippen molar-refractivity contribution in [2.45, 2.75) is 51.0 Å². The Labute approximate surface area is 96.2 Å². The van der Waals surface area contributed by atoms with Crippen LogP contribution in [0.2, 0.25) is 0 Å². The van der Waals surface area contributed by atoms with E-state index >= 15 is 0 Å². The molecule has 0 aliphatic carbocycles. The Morgan fingerprint density at radius 1 is 1.07 bits per heavy atom. The van der Waals surface area contributed by atoms with Gasteiger partial charge in [-0.25, -0.2) is 0 Å². The van der Waals surface area contributed by atoms with Gasteiger partial charge in [0.1, 0.15) is 0 Å².